The molecule has 0 saturated carbocycles. The molecule has 1 saturated heterocycles. The number of carbonyl (C=O) groups excluding carboxylic acids is 1. The van der Waals surface area contributed by atoms with Crippen molar-refractivity contribution in [3.63, 3.8) is 0 Å². The van der Waals surface area contributed by atoms with Crippen molar-refractivity contribution in [2.75, 3.05) is 31.1 Å². The number of rotatable bonds is 3. The van der Waals surface area contributed by atoms with Crippen LogP contribution >= 0.6 is 23.2 Å². The number of aryl methyl sites for hydroxylation is 1. The molecule has 3 aromatic rings. The largest absolute Gasteiger partial charge is 0.368 e. The molecule has 2 heterocycles. The van der Waals surface area contributed by atoms with Crippen LogP contribution in [0.25, 0.3) is 11.3 Å². The van der Waals surface area contributed by atoms with Crippen molar-refractivity contribution >= 4 is 34.8 Å². The van der Waals surface area contributed by atoms with Crippen LogP contribution in [-0.2, 0) is 0 Å². The monoisotopic (exact) mass is 415 g/mol. The Balaban J connectivity index is 1.53. The summed E-state index contributed by atoms with van der Waals surface area (Å²) in [6, 6.07) is 15.1. The van der Waals surface area contributed by atoms with Gasteiger partial charge in [0.25, 0.3) is 5.91 Å². The summed E-state index contributed by atoms with van der Waals surface area (Å²) >= 11 is 12.3. The standard InChI is InChI=1S/C21H19Cl2N3O2/c1-14-19(20(24-28-14)17-4-2-3-5-18(17)23)21(27)26-12-10-25(11-13-26)16-8-6-15(22)7-9-16/h2-9H,10-13H2,1H3. The zero-order valence-corrected chi connectivity index (χ0v) is 16.9. The molecule has 0 bridgehead atoms. The van der Waals surface area contributed by atoms with E-state index < -0.39 is 0 Å². The number of hydrogen-bond acceptors (Lipinski definition) is 4. The first kappa shape index (κ1) is 18.8. The molecule has 144 valence electrons. The average Bonchev–Trinajstić information content (AvgIpc) is 3.10. The van der Waals surface area contributed by atoms with E-state index in [-0.39, 0.29) is 5.91 Å². The molecule has 28 heavy (non-hydrogen) atoms. The highest BCUT2D eigenvalue weighted by atomic mass is 35.5. The van der Waals surface area contributed by atoms with Crippen LogP contribution in [0.5, 0.6) is 0 Å². The third-order valence-electron chi connectivity index (χ3n) is 4.96. The number of nitrogens with zero attached hydrogens (tertiary/aromatic N) is 3. The van der Waals surface area contributed by atoms with Gasteiger partial charge in [-0.05, 0) is 37.3 Å². The molecule has 0 unspecified atom stereocenters. The summed E-state index contributed by atoms with van der Waals surface area (Å²) in [5.74, 6) is 0.421. The Bertz CT molecular complexity index is 993. The quantitative estimate of drug-likeness (QED) is 0.608. The van der Waals surface area contributed by atoms with Gasteiger partial charge in [0.2, 0.25) is 0 Å². The minimum atomic E-state index is -0.0792. The third-order valence-corrected chi connectivity index (χ3v) is 5.55. The lowest BCUT2D eigenvalue weighted by atomic mass is 10.0. The van der Waals surface area contributed by atoms with Crippen LogP contribution in [0.2, 0.25) is 10.0 Å². The molecule has 0 radical (unpaired) electrons. The lowest BCUT2D eigenvalue weighted by Crippen LogP contribution is -2.49. The average molecular weight is 416 g/mol. The van der Waals surface area contributed by atoms with Gasteiger partial charge in [0.1, 0.15) is 17.0 Å². The van der Waals surface area contributed by atoms with Crippen molar-refractivity contribution in [3.8, 4) is 11.3 Å². The van der Waals surface area contributed by atoms with Gasteiger partial charge in [-0.15, -0.1) is 0 Å². The topological polar surface area (TPSA) is 49.6 Å². The van der Waals surface area contributed by atoms with Crippen molar-refractivity contribution in [1.82, 2.24) is 10.1 Å². The Morgan fingerprint density at radius 2 is 1.68 bits per heavy atom. The first-order valence-corrected chi connectivity index (χ1v) is 9.81. The van der Waals surface area contributed by atoms with Crippen LogP contribution in [0.4, 0.5) is 5.69 Å². The molecule has 1 amide bonds. The fraction of sp³-hybridized carbons (Fsp3) is 0.238. The summed E-state index contributed by atoms with van der Waals surface area (Å²) in [5, 5.41) is 5.36. The van der Waals surface area contributed by atoms with Crippen molar-refractivity contribution in [2.45, 2.75) is 6.92 Å². The highest BCUT2D eigenvalue weighted by molar-refractivity contribution is 6.33. The summed E-state index contributed by atoms with van der Waals surface area (Å²) < 4.78 is 5.34. The Morgan fingerprint density at radius 3 is 2.36 bits per heavy atom. The highest BCUT2D eigenvalue weighted by Gasteiger charge is 2.29. The molecule has 0 atom stereocenters. The molecule has 0 aliphatic carbocycles. The molecule has 0 N–H and O–H groups in total. The van der Waals surface area contributed by atoms with Crippen molar-refractivity contribution in [1.29, 1.82) is 0 Å². The van der Waals surface area contributed by atoms with Crippen LogP contribution in [0.3, 0.4) is 0 Å². The predicted octanol–water partition coefficient (Wildman–Crippen LogP) is 4.92. The Morgan fingerprint density at radius 1 is 1.00 bits per heavy atom. The van der Waals surface area contributed by atoms with E-state index in [9.17, 15) is 4.79 Å². The molecule has 1 aliphatic heterocycles. The minimum Gasteiger partial charge on any atom is -0.368 e. The number of amides is 1. The SMILES string of the molecule is Cc1onc(-c2ccccc2Cl)c1C(=O)N1CCN(c2ccc(Cl)cc2)CC1. The van der Waals surface area contributed by atoms with Crippen molar-refractivity contribution in [2.24, 2.45) is 0 Å². The number of piperazine rings is 1. The van der Waals surface area contributed by atoms with Gasteiger partial charge in [0.05, 0.1) is 5.02 Å². The van der Waals surface area contributed by atoms with E-state index in [2.05, 4.69) is 10.1 Å². The van der Waals surface area contributed by atoms with Gasteiger partial charge in [-0.2, -0.15) is 0 Å². The molecule has 5 nitrogen and oxygen atoms in total. The van der Waals surface area contributed by atoms with Gasteiger partial charge >= 0.3 is 0 Å². The molecule has 1 aromatic heterocycles. The van der Waals surface area contributed by atoms with Crippen LogP contribution in [0.1, 0.15) is 16.1 Å². The Hall–Kier alpha value is -2.50. The van der Waals surface area contributed by atoms with E-state index in [1.165, 1.54) is 0 Å². The van der Waals surface area contributed by atoms with Crippen LogP contribution in [0, 0.1) is 6.92 Å². The lowest BCUT2D eigenvalue weighted by Gasteiger charge is -2.36. The van der Waals surface area contributed by atoms with E-state index in [0.29, 0.717) is 45.7 Å². The van der Waals surface area contributed by atoms with Crippen LogP contribution in [0.15, 0.2) is 53.1 Å². The zero-order chi connectivity index (χ0) is 19.7. The molecule has 4 rings (SSSR count). The maximum absolute atomic E-state index is 13.2. The number of halogens is 2. The molecular formula is C21H19Cl2N3O2. The third kappa shape index (κ3) is 3.60. The smallest absolute Gasteiger partial charge is 0.259 e. The predicted molar refractivity (Wildman–Crippen MR) is 111 cm³/mol. The van der Waals surface area contributed by atoms with E-state index in [4.69, 9.17) is 27.7 Å². The maximum atomic E-state index is 13.2. The summed E-state index contributed by atoms with van der Waals surface area (Å²) in [5.41, 5.74) is 2.78. The van der Waals surface area contributed by atoms with E-state index in [1.807, 2.05) is 47.4 Å². The van der Waals surface area contributed by atoms with E-state index in [0.717, 1.165) is 18.8 Å². The zero-order valence-electron chi connectivity index (χ0n) is 15.4. The fourth-order valence-electron chi connectivity index (χ4n) is 3.44. The van der Waals surface area contributed by atoms with Gasteiger partial charge in [-0.3, -0.25) is 4.79 Å². The van der Waals surface area contributed by atoms with Gasteiger partial charge in [-0.1, -0.05) is 46.6 Å². The number of benzene rings is 2. The van der Waals surface area contributed by atoms with Gasteiger partial charge in [-0.25, -0.2) is 0 Å². The van der Waals surface area contributed by atoms with Crippen molar-refractivity contribution in [3.05, 3.63) is 69.9 Å². The molecular weight excluding hydrogens is 397 g/mol. The number of carbonyl (C=O) groups is 1. The molecule has 0 spiro atoms. The first-order valence-electron chi connectivity index (χ1n) is 9.05. The van der Waals surface area contributed by atoms with Crippen LogP contribution < -0.4 is 4.90 Å². The maximum Gasteiger partial charge on any atom is 0.259 e. The second-order valence-corrected chi connectivity index (χ2v) is 7.54. The first-order chi connectivity index (χ1) is 13.5. The number of hydrogen-bond donors (Lipinski definition) is 0. The Labute approximate surface area is 173 Å². The highest BCUT2D eigenvalue weighted by Crippen LogP contribution is 2.32. The lowest BCUT2D eigenvalue weighted by molar-refractivity contribution is 0.0745. The number of aromatic nitrogens is 1. The minimum absolute atomic E-state index is 0.0792. The van der Waals surface area contributed by atoms with Crippen LogP contribution in [-0.4, -0.2) is 42.1 Å². The summed E-state index contributed by atoms with van der Waals surface area (Å²) in [4.78, 5) is 17.3. The summed E-state index contributed by atoms with van der Waals surface area (Å²) in [6.07, 6.45) is 0. The Kier molecular flexibility index (Phi) is 5.29. The second-order valence-electron chi connectivity index (χ2n) is 6.70. The summed E-state index contributed by atoms with van der Waals surface area (Å²) in [6.45, 7) is 4.49. The molecule has 7 heteroatoms. The van der Waals surface area contributed by atoms with E-state index >= 15 is 0 Å². The molecule has 2 aromatic carbocycles. The number of anilines is 1. The van der Waals surface area contributed by atoms with Gasteiger partial charge in [0, 0.05) is 42.5 Å². The summed E-state index contributed by atoms with van der Waals surface area (Å²) in [7, 11) is 0. The molecule has 1 aliphatic rings. The van der Waals surface area contributed by atoms with Crippen molar-refractivity contribution < 1.29 is 9.32 Å². The normalized spacial score (nSPS) is 14.4. The van der Waals surface area contributed by atoms with Gasteiger partial charge in [0.15, 0.2) is 0 Å². The van der Waals surface area contributed by atoms with E-state index in [1.54, 1.807) is 13.0 Å². The second kappa shape index (κ2) is 7.86. The van der Waals surface area contributed by atoms with Gasteiger partial charge < -0.3 is 14.3 Å². The fourth-order valence-corrected chi connectivity index (χ4v) is 3.79. The molecule has 1 fully saturated rings.